The number of nitrogens with zero attached hydrogens (tertiary/aromatic N) is 1. The van der Waals surface area contributed by atoms with Crippen molar-refractivity contribution in [3.63, 3.8) is 0 Å². The van der Waals surface area contributed by atoms with Crippen LogP contribution in [0.4, 0.5) is 0 Å². The highest BCUT2D eigenvalue weighted by atomic mass is 35.5. The zero-order valence-electron chi connectivity index (χ0n) is 18.2. The minimum absolute atomic E-state index is 0.0854. The highest BCUT2D eigenvalue weighted by Gasteiger charge is 2.16. The van der Waals surface area contributed by atoms with Crippen LogP contribution in [0.15, 0.2) is 48.5 Å². The van der Waals surface area contributed by atoms with Crippen molar-refractivity contribution in [2.75, 3.05) is 46.8 Å². The minimum atomic E-state index is -0.0854. The van der Waals surface area contributed by atoms with Gasteiger partial charge in [-0.2, -0.15) is 0 Å². The van der Waals surface area contributed by atoms with Gasteiger partial charge in [0.25, 0.3) is 0 Å². The van der Waals surface area contributed by atoms with Crippen molar-refractivity contribution in [2.24, 2.45) is 0 Å². The summed E-state index contributed by atoms with van der Waals surface area (Å²) in [4.78, 5) is 19.9. The molecule has 0 aliphatic carbocycles. The average Bonchev–Trinajstić information content (AvgIpc) is 3.25. The molecule has 3 rings (SSSR count). The van der Waals surface area contributed by atoms with Crippen LogP contribution in [0.2, 0.25) is 5.02 Å². The van der Waals surface area contributed by atoms with Crippen molar-refractivity contribution in [3.05, 3.63) is 59.2 Å². The van der Waals surface area contributed by atoms with Crippen LogP contribution in [-0.2, 0) is 14.2 Å². The fourth-order valence-electron chi connectivity index (χ4n) is 2.97. The number of ketones is 1. The number of H-pyrrole nitrogens is 1. The standard InChI is InChI=1S/C24H27ClN2O5/c1-17(28)22-23(18-3-7-20(25)8-4-18)27-24(26-22)19-5-9-21(10-6-19)32-16-15-31-14-13-30-12-11-29-2/h3-10H,11-16H2,1-2H3,(H,26,27). The van der Waals surface area contributed by atoms with Crippen molar-refractivity contribution in [1.82, 2.24) is 9.97 Å². The van der Waals surface area contributed by atoms with E-state index in [9.17, 15) is 4.79 Å². The van der Waals surface area contributed by atoms with E-state index >= 15 is 0 Å². The second kappa shape index (κ2) is 12.4. The van der Waals surface area contributed by atoms with Gasteiger partial charge in [-0.25, -0.2) is 4.98 Å². The highest BCUT2D eigenvalue weighted by Crippen LogP contribution is 2.28. The zero-order valence-corrected chi connectivity index (χ0v) is 19.0. The summed E-state index contributed by atoms with van der Waals surface area (Å²) in [5.41, 5.74) is 2.74. The van der Waals surface area contributed by atoms with Crippen LogP contribution < -0.4 is 4.74 Å². The quantitative estimate of drug-likeness (QED) is 0.296. The molecule has 0 aliphatic heterocycles. The van der Waals surface area contributed by atoms with E-state index < -0.39 is 0 Å². The number of rotatable bonds is 13. The Morgan fingerprint density at radius 3 is 2.09 bits per heavy atom. The monoisotopic (exact) mass is 458 g/mol. The van der Waals surface area contributed by atoms with Gasteiger partial charge in [0.05, 0.1) is 38.7 Å². The van der Waals surface area contributed by atoms with Crippen LogP contribution in [-0.4, -0.2) is 62.5 Å². The summed E-state index contributed by atoms with van der Waals surface area (Å²) in [5, 5.41) is 0.630. The van der Waals surface area contributed by atoms with Crippen LogP contribution in [0, 0.1) is 0 Å². The molecule has 0 bridgehead atoms. The van der Waals surface area contributed by atoms with Gasteiger partial charge in [-0.05, 0) is 36.4 Å². The molecule has 0 unspecified atom stereocenters. The van der Waals surface area contributed by atoms with Gasteiger partial charge < -0.3 is 23.9 Å². The lowest BCUT2D eigenvalue weighted by molar-refractivity contribution is 0.0180. The Morgan fingerprint density at radius 1 is 0.875 bits per heavy atom. The lowest BCUT2D eigenvalue weighted by atomic mass is 10.1. The molecule has 0 amide bonds. The molecule has 0 aliphatic rings. The summed E-state index contributed by atoms with van der Waals surface area (Å²) in [5.74, 6) is 1.26. The molecule has 0 radical (unpaired) electrons. The molecule has 3 aromatic rings. The maximum absolute atomic E-state index is 12.1. The number of carbonyl (C=O) groups is 1. The Balaban J connectivity index is 1.55. The van der Waals surface area contributed by atoms with E-state index in [1.165, 1.54) is 6.92 Å². The van der Waals surface area contributed by atoms with Gasteiger partial charge in [-0.3, -0.25) is 4.79 Å². The van der Waals surface area contributed by atoms with Gasteiger partial charge in [0.2, 0.25) is 0 Å². The van der Waals surface area contributed by atoms with E-state index in [0.717, 1.165) is 16.9 Å². The number of ether oxygens (including phenoxy) is 4. The summed E-state index contributed by atoms with van der Waals surface area (Å²) in [7, 11) is 1.64. The van der Waals surface area contributed by atoms with Crippen LogP contribution in [0.25, 0.3) is 22.6 Å². The first-order valence-electron chi connectivity index (χ1n) is 10.3. The second-order valence-corrected chi connectivity index (χ2v) is 7.40. The molecule has 1 N–H and O–H groups in total. The summed E-state index contributed by atoms with van der Waals surface area (Å²) >= 11 is 5.98. The number of hydrogen-bond acceptors (Lipinski definition) is 6. The highest BCUT2D eigenvalue weighted by molar-refractivity contribution is 6.30. The predicted octanol–water partition coefficient (Wildman–Crippen LogP) is 4.66. The van der Waals surface area contributed by atoms with E-state index in [1.54, 1.807) is 19.2 Å². The second-order valence-electron chi connectivity index (χ2n) is 6.96. The number of aromatic nitrogens is 2. The van der Waals surface area contributed by atoms with E-state index in [0.29, 0.717) is 61.9 Å². The maximum Gasteiger partial charge on any atom is 0.178 e. The molecule has 0 fully saturated rings. The molecule has 1 aromatic heterocycles. The summed E-state index contributed by atoms with van der Waals surface area (Å²) in [6.07, 6.45) is 0. The third-order valence-electron chi connectivity index (χ3n) is 4.60. The Hall–Kier alpha value is -2.71. The number of hydrogen-bond donors (Lipinski definition) is 1. The Kier molecular flexibility index (Phi) is 9.25. The lowest BCUT2D eigenvalue weighted by Gasteiger charge is -2.08. The number of carbonyl (C=O) groups excluding carboxylic acids is 1. The molecule has 8 heteroatoms. The molecule has 0 saturated carbocycles. The summed E-state index contributed by atoms with van der Waals surface area (Å²) < 4.78 is 21.4. The number of halogens is 1. The Morgan fingerprint density at radius 2 is 1.47 bits per heavy atom. The molecule has 32 heavy (non-hydrogen) atoms. The number of methoxy groups -OCH3 is 1. The minimum Gasteiger partial charge on any atom is -0.491 e. The molecule has 170 valence electrons. The third-order valence-corrected chi connectivity index (χ3v) is 4.85. The first-order chi connectivity index (χ1) is 15.6. The molecule has 1 heterocycles. The van der Waals surface area contributed by atoms with E-state index in [-0.39, 0.29) is 5.78 Å². The van der Waals surface area contributed by atoms with Crippen molar-refractivity contribution >= 4 is 17.4 Å². The van der Waals surface area contributed by atoms with Gasteiger partial charge in [0.1, 0.15) is 23.9 Å². The normalized spacial score (nSPS) is 11.0. The SMILES string of the molecule is COCCOCCOCCOc1ccc(-c2nc(-c3ccc(Cl)cc3)c(C(C)=O)[nH]2)cc1. The van der Waals surface area contributed by atoms with E-state index in [4.69, 9.17) is 30.5 Å². The summed E-state index contributed by atoms with van der Waals surface area (Å²) in [6.45, 7) is 4.61. The third kappa shape index (κ3) is 6.90. The fraction of sp³-hybridized carbons (Fsp3) is 0.333. The molecule has 0 saturated heterocycles. The van der Waals surface area contributed by atoms with E-state index in [2.05, 4.69) is 9.97 Å². The number of Topliss-reactive ketones (excluding diaryl/α,β-unsaturated/α-hetero) is 1. The largest absolute Gasteiger partial charge is 0.491 e. The summed E-state index contributed by atoms with van der Waals surface area (Å²) in [6, 6.07) is 14.8. The molecule has 0 spiro atoms. The van der Waals surface area contributed by atoms with Gasteiger partial charge in [-0.1, -0.05) is 23.7 Å². The van der Waals surface area contributed by atoms with Crippen LogP contribution in [0.1, 0.15) is 17.4 Å². The van der Waals surface area contributed by atoms with Crippen LogP contribution >= 0.6 is 11.6 Å². The Bertz CT molecular complexity index is 987. The molecule has 2 aromatic carbocycles. The first kappa shape index (κ1) is 23.9. The van der Waals surface area contributed by atoms with Crippen molar-refractivity contribution in [3.8, 4) is 28.4 Å². The van der Waals surface area contributed by atoms with Gasteiger partial charge in [-0.15, -0.1) is 0 Å². The Labute approximate surface area is 192 Å². The topological polar surface area (TPSA) is 82.7 Å². The predicted molar refractivity (Wildman–Crippen MR) is 123 cm³/mol. The lowest BCUT2D eigenvalue weighted by Crippen LogP contribution is -2.12. The smallest absolute Gasteiger partial charge is 0.178 e. The van der Waals surface area contributed by atoms with Crippen LogP contribution in [0.3, 0.4) is 0 Å². The van der Waals surface area contributed by atoms with Crippen LogP contribution in [0.5, 0.6) is 5.75 Å². The number of aromatic amines is 1. The number of imidazole rings is 1. The molecular weight excluding hydrogens is 432 g/mol. The van der Waals surface area contributed by atoms with Crippen molar-refractivity contribution in [1.29, 1.82) is 0 Å². The van der Waals surface area contributed by atoms with Gasteiger partial charge in [0, 0.05) is 30.2 Å². The van der Waals surface area contributed by atoms with Crippen molar-refractivity contribution < 1.29 is 23.7 Å². The molecule has 0 atom stereocenters. The van der Waals surface area contributed by atoms with Gasteiger partial charge >= 0.3 is 0 Å². The molecule has 7 nitrogen and oxygen atoms in total. The average molecular weight is 459 g/mol. The van der Waals surface area contributed by atoms with E-state index in [1.807, 2.05) is 36.4 Å². The fourth-order valence-corrected chi connectivity index (χ4v) is 3.10. The van der Waals surface area contributed by atoms with Gasteiger partial charge in [0.15, 0.2) is 5.78 Å². The maximum atomic E-state index is 12.1. The van der Waals surface area contributed by atoms with Crippen molar-refractivity contribution in [2.45, 2.75) is 6.92 Å². The zero-order chi connectivity index (χ0) is 22.8. The number of benzene rings is 2. The first-order valence-corrected chi connectivity index (χ1v) is 10.7. The molecular formula is C24H27ClN2O5. The number of nitrogens with one attached hydrogen (secondary N) is 1.